The van der Waals surface area contributed by atoms with Crippen LogP contribution in [0.3, 0.4) is 0 Å². The summed E-state index contributed by atoms with van der Waals surface area (Å²) in [4.78, 5) is 0. The lowest BCUT2D eigenvalue weighted by molar-refractivity contribution is 0.306. The van der Waals surface area contributed by atoms with Crippen LogP contribution in [0.1, 0.15) is 50.1 Å². The maximum absolute atomic E-state index is 10.7. The van der Waals surface area contributed by atoms with E-state index >= 15 is 0 Å². The highest BCUT2D eigenvalue weighted by molar-refractivity contribution is 5.82. The van der Waals surface area contributed by atoms with E-state index in [0.717, 1.165) is 22.4 Å². The smallest absolute Gasteiger partial charge is 0.133 e. The Morgan fingerprint density at radius 1 is 0.971 bits per heavy atom. The Kier molecular flexibility index (Phi) is 6.60. The molecule has 4 heteroatoms. The Balaban J connectivity index is 1.62. The molecule has 34 heavy (non-hydrogen) atoms. The van der Waals surface area contributed by atoms with Gasteiger partial charge in [0.05, 0.1) is 11.3 Å². The summed E-state index contributed by atoms with van der Waals surface area (Å²) in [6, 6.07) is 26.0. The van der Waals surface area contributed by atoms with E-state index in [0.29, 0.717) is 23.6 Å². The second kappa shape index (κ2) is 9.60. The van der Waals surface area contributed by atoms with Gasteiger partial charge >= 0.3 is 0 Å². The molecule has 4 nitrogen and oxygen atoms in total. The van der Waals surface area contributed by atoms with E-state index < -0.39 is 0 Å². The molecule has 0 bridgehead atoms. The Morgan fingerprint density at radius 2 is 1.68 bits per heavy atom. The highest BCUT2D eigenvalue weighted by Gasteiger charge is 2.17. The topological polar surface area (TPSA) is 47.3 Å². The number of benzene rings is 3. The van der Waals surface area contributed by atoms with Crippen LogP contribution in [0.25, 0.3) is 22.9 Å². The van der Waals surface area contributed by atoms with Crippen molar-refractivity contribution in [2.45, 2.75) is 39.7 Å². The fourth-order valence-corrected chi connectivity index (χ4v) is 3.99. The van der Waals surface area contributed by atoms with Crippen molar-refractivity contribution in [3.8, 4) is 22.8 Å². The molecule has 0 radical (unpaired) electrons. The van der Waals surface area contributed by atoms with Gasteiger partial charge in [0.2, 0.25) is 0 Å². The highest BCUT2D eigenvalue weighted by atomic mass is 16.5. The Morgan fingerprint density at radius 3 is 2.35 bits per heavy atom. The van der Waals surface area contributed by atoms with Crippen LogP contribution in [0, 0.1) is 0 Å². The second-order valence-electron chi connectivity index (χ2n) is 9.66. The van der Waals surface area contributed by atoms with Crippen molar-refractivity contribution in [1.29, 1.82) is 0 Å². The minimum Gasteiger partial charge on any atom is -0.507 e. The molecule has 0 saturated carbocycles. The fraction of sp³-hybridized carbons (Fsp3) is 0.233. The maximum atomic E-state index is 10.7. The first-order chi connectivity index (χ1) is 16.2. The van der Waals surface area contributed by atoms with E-state index in [4.69, 9.17) is 9.84 Å². The van der Waals surface area contributed by atoms with Crippen molar-refractivity contribution in [2.24, 2.45) is 7.05 Å². The first kappa shape index (κ1) is 23.4. The van der Waals surface area contributed by atoms with Crippen LogP contribution < -0.4 is 4.74 Å². The molecule has 0 atom stereocenters. The van der Waals surface area contributed by atoms with Gasteiger partial charge in [0.1, 0.15) is 23.8 Å². The van der Waals surface area contributed by atoms with E-state index in [1.54, 1.807) is 12.1 Å². The molecule has 1 aromatic heterocycles. The summed E-state index contributed by atoms with van der Waals surface area (Å²) in [6.07, 6.45) is 2.16. The molecular formula is C30H32N2O2. The molecule has 0 unspecified atom stereocenters. The van der Waals surface area contributed by atoms with E-state index in [-0.39, 0.29) is 11.2 Å². The summed E-state index contributed by atoms with van der Waals surface area (Å²) in [5, 5.41) is 15.4. The number of hydrogen-bond acceptors (Lipinski definition) is 3. The molecule has 0 aliphatic rings. The third-order valence-electron chi connectivity index (χ3n) is 5.94. The number of aromatic nitrogens is 2. The molecular weight excluding hydrogens is 420 g/mol. The molecule has 4 rings (SSSR count). The first-order valence-electron chi connectivity index (χ1n) is 11.5. The van der Waals surface area contributed by atoms with Gasteiger partial charge in [-0.25, -0.2) is 0 Å². The molecule has 3 aromatic carbocycles. The van der Waals surface area contributed by atoms with Gasteiger partial charge in [-0.2, -0.15) is 5.10 Å². The molecule has 174 valence electrons. The number of aromatic hydroxyl groups is 1. The average molecular weight is 453 g/mol. The maximum Gasteiger partial charge on any atom is 0.133 e. The van der Waals surface area contributed by atoms with Gasteiger partial charge in [0.25, 0.3) is 0 Å². The molecule has 1 heterocycles. The Hall–Kier alpha value is -3.79. The van der Waals surface area contributed by atoms with Gasteiger partial charge in [-0.05, 0) is 58.9 Å². The normalized spacial score (nSPS) is 12.1. The molecule has 0 aliphatic heterocycles. The van der Waals surface area contributed by atoms with E-state index in [2.05, 4.69) is 58.0 Å². The molecule has 1 N–H and O–H groups in total. The van der Waals surface area contributed by atoms with Crippen LogP contribution in [-0.2, 0) is 19.1 Å². The summed E-state index contributed by atoms with van der Waals surface area (Å²) in [6.45, 7) is 9.15. The van der Waals surface area contributed by atoms with Crippen molar-refractivity contribution in [1.82, 2.24) is 9.78 Å². The third kappa shape index (κ3) is 5.23. The molecule has 0 amide bonds. The van der Waals surface area contributed by atoms with Gasteiger partial charge in [0, 0.05) is 7.05 Å². The number of ether oxygens (including phenoxy) is 1. The van der Waals surface area contributed by atoms with Crippen LogP contribution in [-0.4, -0.2) is 14.9 Å². The summed E-state index contributed by atoms with van der Waals surface area (Å²) in [7, 11) is 1.92. The minimum absolute atomic E-state index is 0.131. The summed E-state index contributed by atoms with van der Waals surface area (Å²) in [5.41, 5.74) is 6.99. The first-order valence-corrected chi connectivity index (χ1v) is 11.5. The number of aryl methyl sites for hydroxylation is 1. The zero-order valence-electron chi connectivity index (χ0n) is 20.5. The van der Waals surface area contributed by atoms with E-state index in [1.807, 2.05) is 54.2 Å². The number of hydrogen-bond donors (Lipinski definition) is 1. The van der Waals surface area contributed by atoms with Crippen LogP contribution in [0.15, 0.2) is 78.9 Å². The summed E-state index contributed by atoms with van der Waals surface area (Å²) < 4.78 is 7.92. The predicted octanol–water partition coefficient (Wildman–Crippen LogP) is 7.23. The van der Waals surface area contributed by atoms with E-state index in [9.17, 15) is 5.11 Å². The van der Waals surface area contributed by atoms with Crippen molar-refractivity contribution < 1.29 is 9.84 Å². The van der Waals surface area contributed by atoms with Gasteiger partial charge in [0.15, 0.2) is 0 Å². The molecule has 4 aromatic rings. The number of phenolic OH excluding ortho intramolecular Hbond substituents is 1. The molecule has 0 saturated heterocycles. The lowest BCUT2D eigenvalue weighted by atomic mass is 9.86. The number of nitrogens with zero attached hydrogens (tertiary/aromatic N) is 2. The van der Waals surface area contributed by atoms with Crippen LogP contribution in [0.2, 0.25) is 0 Å². The standard InChI is InChI=1S/C30H32N2O2/c1-21(18-22-14-16-24(17-15-22)30(2,3)4)26-19-25(31-32(26)5)29-27(33)12-9-13-28(29)34-20-23-10-7-6-8-11-23/h6-19,33H,20H2,1-5H3/b21-18+. The summed E-state index contributed by atoms with van der Waals surface area (Å²) >= 11 is 0. The average Bonchev–Trinajstić information content (AvgIpc) is 3.19. The fourth-order valence-electron chi connectivity index (χ4n) is 3.99. The molecule has 0 aliphatic carbocycles. The molecule has 0 spiro atoms. The van der Waals surface area contributed by atoms with Gasteiger partial charge < -0.3 is 9.84 Å². The zero-order valence-corrected chi connectivity index (χ0v) is 20.5. The van der Waals surface area contributed by atoms with Gasteiger partial charge in [-0.15, -0.1) is 0 Å². The van der Waals surface area contributed by atoms with Crippen molar-refractivity contribution in [3.63, 3.8) is 0 Å². The predicted molar refractivity (Wildman–Crippen MR) is 140 cm³/mol. The third-order valence-corrected chi connectivity index (χ3v) is 5.94. The lowest BCUT2D eigenvalue weighted by Crippen LogP contribution is -2.10. The summed E-state index contributed by atoms with van der Waals surface area (Å²) in [5.74, 6) is 0.752. The van der Waals surface area contributed by atoms with Crippen LogP contribution in [0.4, 0.5) is 0 Å². The Labute approximate surface area is 202 Å². The second-order valence-corrected chi connectivity index (χ2v) is 9.66. The van der Waals surface area contributed by atoms with Crippen molar-refractivity contribution in [2.75, 3.05) is 0 Å². The number of phenols is 1. The largest absolute Gasteiger partial charge is 0.507 e. The van der Waals surface area contributed by atoms with Crippen molar-refractivity contribution >= 4 is 11.6 Å². The Bertz CT molecular complexity index is 1290. The van der Waals surface area contributed by atoms with E-state index in [1.165, 1.54) is 5.56 Å². The van der Waals surface area contributed by atoms with Gasteiger partial charge in [-0.1, -0.05) is 81.4 Å². The quantitative estimate of drug-likeness (QED) is 0.336. The SMILES string of the molecule is C/C(=C\c1ccc(C(C)(C)C)cc1)c1cc(-c2c(O)cccc2OCc2ccccc2)nn1C. The van der Waals surface area contributed by atoms with Crippen LogP contribution in [0.5, 0.6) is 11.5 Å². The molecule has 0 fully saturated rings. The zero-order chi connectivity index (χ0) is 24.3. The lowest BCUT2D eigenvalue weighted by Gasteiger charge is -2.18. The number of allylic oxidation sites excluding steroid dienone is 1. The minimum atomic E-state index is 0.131. The van der Waals surface area contributed by atoms with Crippen molar-refractivity contribution in [3.05, 3.63) is 101 Å². The van der Waals surface area contributed by atoms with Gasteiger partial charge in [-0.3, -0.25) is 4.68 Å². The van der Waals surface area contributed by atoms with Crippen LogP contribution >= 0.6 is 0 Å². The monoisotopic (exact) mass is 452 g/mol. The number of rotatable bonds is 6. The highest BCUT2D eigenvalue weighted by Crippen LogP contribution is 2.38.